The second-order valence-corrected chi connectivity index (χ2v) is 2.90. The summed E-state index contributed by atoms with van der Waals surface area (Å²) in [5, 5.41) is 7.55. The van der Waals surface area contributed by atoms with Crippen LogP contribution in [0.5, 0.6) is 0 Å². The fourth-order valence-corrected chi connectivity index (χ4v) is 1.32. The Balaban J connectivity index is 2.82. The van der Waals surface area contributed by atoms with Gasteiger partial charge in [0.2, 0.25) is 0 Å². The fourth-order valence-electron chi connectivity index (χ4n) is 1.32. The van der Waals surface area contributed by atoms with E-state index in [4.69, 9.17) is 5.73 Å². The average molecular weight is 180 g/mol. The van der Waals surface area contributed by atoms with E-state index in [1.165, 1.54) is 0 Å². The maximum atomic E-state index is 12.4. The number of halogens is 1. The third-order valence-corrected chi connectivity index (χ3v) is 1.90. The zero-order valence-electron chi connectivity index (χ0n) is 7.16. The van der Waals surface area contributed by atoms with E-state index in [0.717, 1.165) is 5.56 Å². The lowest BCUT2D eigenvalue weighted by Crippen LogP contribution is -1.96. The van der Waals surface area contributed by atoms with E-state index < -0.39 is 6.67 Å². The third kappa shape index (κ3) is 1.12. The van der Waals surface area contributed by atoms with Crippen LogP contribution in [0.25, 0.3) is 5.65 Å². The third-order valence-electron chi connectivity index (χ3n) is 1.90. The first-order valence-corrected chi connectivity index (χ1v) is 3.88. The topological polar surface area (TPSA) is 56.2 Å². The van der Waals surface area contributed by atoms with Crippen molar-refractivity contribution >= 4 is 11.3 Å². The number of aryl methyl sites for hydroxylation is 1. The molecule has 2 aromatic rings. The molecule has 0 amide bonds. The number of anilines is 1. The quantitative estimate of drug-likeness (QED) is 0.714. The van der Waals surface area contributed by atoms with Gasteiger partial charge in [0, 0.05) is 11.9 Å². The molecule has 13 heavy (non-hydrogen) atoms. The second kappa shape index (κ2) is 2.69. The monoisotopic (exact) mass is 180 g/mol. The van der Waals surface area contributed by atoms with Crippen molar-refractivity contribution < 1.29 is 4.39 Å². The molecule has 0 fully saturated rings. The molecule has 0 bridgehead atoms. The Kier molecular flexibility index (Phi) is 1.65. The summed E-state index contributed by atoms with van der Waals surface area (Å²) in [5.41, 5.74) is 7.74. The van der Waals surface area contributed by atoms with Gasteiger partial charge in [0.15, 0.2) is 11.5 Å². The number of hydrogen-bond acceptors (Lipinski definition) is 3. The summed E-state index contributed by atoms with van der Waals surface area (Å²) in [6.07, 6.45) is 1.62. The first-order chi connectivity index (χ1) is 6.22. The number of fused-ring (bicyclic) bond motifs is 1. The molecule has 2 N–H and O–H groups in total. The van der Waals surface area contributed by atoms with Crippen molar-refractivity contribution in [2.75, 3.05) is 5.73 Å². The molecule has 68 valence electrons. The number of rotatable bonds is 1. The number of pyridine rings is 1. The summed E-state index contributed by atoms with van der Waals surface area (Å²) >= 11 is 0. The molecule has 5 heteroatoms. The normalized spacial score (nSPS) is 10.9. The van der Waals surface area contributed by atoms with E-state index >= 15 is 0 Å². The highest BCUT2D eigenvalue weighted by Gasteiger charge is 2.07. The lowest BCUT2D eigenvalue weighted by Gasteiger charge is -2.00. The summed E-state index contributed by atoms with van der Waals surface area (Å²) < 4.78 is 14.0. The van der Waals surface area contributed by atoms with Gasteiger partial charge in [-0.1, -0.05) is 0 Å². The summed E-state index contributed by atoms with van der Waals surface area (Å²) in [7, 11) is 0. The molecule has 2 aromatic heterocycles. The molecular weight excluding hydrogens is 171 g/mol. The minimum atomic E-state index is -0.635. The standard InChI is InChI=1S/C8H9FN4/c1-5-2-6(10)4-13-7(3-9)11-12-8(5)13/h2,4H,3,10H2,1H3. The molecule has 0 saturated heterocycles. The molecule has 0 unspecified atom stereocenters. The molecule has 0 aromatic carbocycles. The van der Waals surface area contributed by atoms with Crippen LogP contribution in [-0.2, 0) is 6.67 Å². The van der Waals surface area contributed by atoms with Gasteiger partial charge < -0.3 is 5.73 Å². The van der Waals surface area contributed by atoms with Gasteiger partial charge >= 0.3 is 0 Å². The number of alkyl halides is 1. The zero-order valence-corrected chi connectivity index (χ0v) is 7.16. The number of nitrogens with zero attached hydrogens (tertiary/aromatic N) is 3. The smallest absolute Gasteiger partial charge is 0.168 e. The lowest BCUT2D eigenvalue weighted by atomic mass is 10.3. The summed E-state index contributed by atoms with van der Waals surface area (Å²) in [4.78, 5) is 0. The van der Waals surface area contributed by atoms with Crippen LogP contribution in [0.15, 0.2) is 12.3 Å². The molecule has 4 nitrogen and oxygen atoms in total. The first kappa shape index (κ1) is 7.97. The molecule has 2 rings (SSSR count). The minimum Gasteiger partial charge on any atom is -0.398 e. The van der Waals surface area contributed by atoms with Crippen molar-refractivity contribution in [3.05, 3.63) is 23.7 Å². The summed E-state index contributed by atoms with van der Waals surface area (Å²) in [6.45, 7) is 1.23. The molecule has 0 saturated carbocycles. The van der Waals surface area contributed by atoms with Crippen LogP contribution in [0.2, 0.25) is 0 Å². The highest BCUT2D eigenvalue weighted by Crippen LogP contribution is 2.13. The fraction of sp³-hybridized carbons (Fsp3) is 0.250. The number of nitrogens with two attached hydrogens (primary N) is 1. The molecule has 0 aliphatic rings. The molecule has 0 aliphatic carbocycles. The van der Waals surface area contributed by atoms with Crippen LogP contribution < -0.4 is 5.73 Å². The van der Waals surface area contributed by atoms with Crippen molar-refractivity contribution in [2.24, 2.45) is 0 Å². The van der Waals surface area contributed by atoms with Gasteiger partial charge in [-0.3, -0.25) is 4.40 Å². The first-order valence-electron chi connectivity index (χ1n) is 3.88. The van der Waals surface area contributed by atoms with E-state index in [1.54, 1.807) is 16.7 Å². The van der Waals surface area contributed by atoms with Crippen molar-refractivity contribution in [1.29, 1.82) is 0 Å². The highest BCUT2D eigenvalue weighted by atomic mass is 19.1. The van der Waals surface area contributed by atoms with Gasteiger partial charge in [0.25, 0.3) is 0 Å². The van der Waals surface area contributed by atoms with Crippen molar-refractivity contribution in [1.82, 2.24) is 14.6 Å². The van der Waals surface area contributed by atoms with Crippen molar-refractivity contribution in [3.63, 3.8) is 0 Å². The number of aromatic nitrogens is 3. The van der Waals surface area contributed by atoms with Crippen LogP contribution >= 0.6 is 0 Å². The van der Waals surface area contributed by atoms with Crippen molar-refractivity contribution in [3.8, 4) is 0 Å². The molecule has 0 atom stereocenters. The highest BCUT2D eigenvalue weighted by molar-refractivity contribution is 5.54. The lowest BCUT2D eigenvalue weighted by molar-refractivity contribution is 0.462. The van der Waals surface area contributed by atoms with E-state index in [1.807, 2.05) is 6.92 Å². The molecule has 0 spiro atoms. The molecule has 0 radical (unpaired) electrons. The van der Waals surface area contributed by atoms with E-state index in [9.17, 15) is 4.39 Å². The molecule has 2 heterocycles. The predicted octanol–water partition coefficient (Wildman–Crippen LogP) is 1.09. The second-order valence-electron chi connectivity index (χ2n) is 2.90. The maximum Gasteiger partial charge on any atom is 0.168 e. The average Bonchev–Trinajstić information content (AvgIpc) is 2.47. The van der Waals surface area contributed by atoms with Gasteiger partial charge in [-0.25, -0.2) is 4.39 Å². The molecule has 0 aliphatic heterocycles. The summed E-state index contributed by atoms with van der Waals surface area (Å²) in [6, 6.07) is 1.78. The van der Waals surface area contributed by atoms with Gasteiger partial charge in [0.1, 0.15) is 6.67 Å². The Morgan fingerprint density at radius 1 is 1.54 bits per heavy atom. The Bertz CT molecular complexity index is 449. The van der Waals surface area contributed by atoms with Gasteiger partial charge in [-0.2, -0.15) is 0 Å². The Labute approximate surface area is 74.2 Å². The van der Waals surface area contributed by atoms with Crippen LogP contribution in [0, 0.1) is 6.92 Å². The van der Waals surface area contributed by atoms with Gasteiger partial charge in [0.05, 0.1) is 0 Å². The number of nitrogen functional groups attached to an aromatic ring is 1. The van der Waals surface area contributed by atoms with E-state index in [0.29, 0.717) is 11.3 Å². The van der Waals surface area contributed by atoms with Crippen LogP contribution in [-0.4, -0.2) is 14.6 Å². The Hall–Kier alpha value is -1.65. The largest absolute Gasteiger partial charge is 0.398 e. The van der Waals surface area contributed by atoms with E-state index in [2.05, 4.69) is 10.2 Å². The van der Waals surface area contributed by atoms with Crippen LogP contribution in [0.1, 0.15) is 11.4 Å². The Morgan fingerprint density at radius 2 is 2.31 bits per heavy atom. The zero-order chi connectivity index (χ0) is 9.42. The van der Waals surface area contributed by atoms with Crippen molar-refractivity contribution in [2.45, 2.75) is 13.6 Å². The van der Waals surface area contributed by atoms with Gasteiger partial charge in [-0.15, -0.1) is 10.2 Å². The Morgan fingerprint density at radius 3 is 3.00 bits per heavy atom. The number of hydrogen-bond donors (Lipinski definition) is 1. The van der Waals surface area contributed by atoms with Crippen LogP contribution in [0.4, 0.5) is 10.1 Å². The minimum absolute atomic E-state index is 0.283. The van der Waals surface area contributed by atoms with Crippen LogP contribution in [0.3, 0.4) is 0 Å². The van der Waals surface area contributed by atoms with Gasteiger partial charge in [-0.05, 0) is 18.6 Å². The maximum absolute atomic E-state index is 12.4. The predicted molar refractivity (Wildman–Crippen MR) is 46.9 cm³/mol. The SMILES string of the molecule is Cc1cc(N)cn2c(CF)nnc12. The molecular formula is C8H9FN4. The summed E-state index contributed by atoms with van der Waals surface area (Å²) in [5.74, 6) is 0.283. The van der Waals surface area contributed by atoms with E-state index in [-0.39, 0.29) is 5.82 Å².